The SMILES string of the molecule is CCN(CC)CCSc1cccc(NC(=O)/C=C/c2ccccc2)c1. The molecule has 0 bridgehead atoms. The van der Waals surface area contributed by atoms with Crippen LogP contribution in [0.25, 0.3) is 6.08 Å². The first-order chi connectivity index (χ1) is 12.2. The van der Waals surface area contributed by atoms with E-state index in [1.165, 1.54) is 4.90 Å². The van der Waals surface area contributed by atoms with E-state index in [1.807, 2.05) is 66.4 Å². The molecule has 2 aromatic carbocycles. The molecular weight excluding hydrogens is 328 g/mol. The van der Waals surface area contributed by atoms with E-state index in [9.17, 15) is 4.79 Å². The molecule has 25 heavy (non-hydrogen) atoms. The predicted molar refractivity (Wildman–Crippen MR) is 109 cm³/mol. The van der Waals surface area contributed by atoms with Gasteiger partial charge in [-0.15, -0.1) is 11.8 Å². The maximum absolute atomic E-state index is 12.1. The summed E-state index contributed by atoms with van der Waals surface area (Å²) in [4.78, 5) is 15.7. The topological polar surface area (TPSA) is 32.3 Å². The summed E-state index contributed by atoms with van der Waals surface area (Å²) in [6, 6.07) is 17.8. The van der Waals surface area contributed by atoms with Crippen molar-refractivity contribution in [1.82, 2.24) is 4.90 Å². The molecule has 2 aromatic rings. The number of benzene rings is 2. The van der Waals surface area contributed by atoms with Gasteiger partial charge in [0.1, 0.15) is 0 Å². The zero-order valence-electron chi connectivity index (χ0n) is 14.9. The molecule has 0 aliphatic heterocycles. The van der Waals surface area contributed by atoms with Crippen LogP contribution in [0, 0.1) is 0 Å². The minimum absolute atomic E-state index is 0.117. The monoisotopic (exact) mass is 354 g/mol. The lowest BCUT2D eigenvalue weighted by Gasteiger charge is -2.17. The number of hydrogen-bond acceptors (Lipinski definition) is 3. The second kappa shape index (κ2) is 10.7. The molecule has 0 spiro atoms. The fourth-order valence-corrected chi connectivity index (χ4v) is 3.39. The molecule has 0 aliphatic carbocycles. The minimum atomic E-state index is -0.117. The van der Waals surface area contributed by atoms with Gasteiger partial charge >= 0.3 is 0 Å². The first-order valence-corrected chi connectivity index (χ1v) is 9.69. The Morgan fingerprint density at radius 1 is 1.08 bits per heavy atom. The van der Waals surface area contributed by atoms with E-state index in [0.717, 1.165) is 36.6 Å². The van der Waals surface area contributed by atoms with Gasteiger partial charge in [0.2, 0.25) is 5.91 Å². The summed E-state index contributed by atoms with van der Waals surface area (Å²) in [5.74, 6) is 0.932. The van der Waals surface area contributed by atoms with Crippen LogP contribution < -0.4 is 5.32 Å². The fraction of sp³-hybridized carbons (Fsp3) is 0.286. The summed E-state index contributed by atoms with van der Waals surface area (Å²) in [5.41, 5.74) is 1.84. The number of rotatable bonds is 9. The van der Waals surface area contributed by atoms with E-state index >= 15 is 0 Å². The van der Waals surface area contributed by atoms with Gasteiger partial charge in [-0.25, -0.2) is 0 Å². The molecule has 0 atom stereocenters. The molecule has 1 N–H and O–H groups in total. The Balaban J connectivity index is 1.86. The third kappa shape index (κ3) is 7.16. The van der Waals surface area contributed by atoms with Crippen molar-refractivity contribution >= 4 is 29.4 Å². The van der Waals surface area contributed by atoms with Crippen molar-refractivity contribution in [2.45, 2.75) is 18.7 Å². The lowest BCUT2D eigenvalue weighted by atomic mass is 10.2. The second-order valence-corrected chi connectivity index (χ2v) is 6.80. The van der Waals surface area contributed by atoms with Crippen LogP contribution in [0.1, 0.15) is 19.4 Å². The Bertz CT molecular complexity index is 681. The fourth-order valence-electron chi connectivity index (χ4n) is 2.42. The highest BCUT2D eigenvalue weighted by atomic mass is 32.2. The average molecular weight is 355 g/mol. The molecule has 0 aliphatic rings. The third-order valence-electron chi connectivity index (χ3n) is 3.90. The lowest BCUT2D eigenvalue weighted by Crippen LogP contribution is -2.25. The van der Waals surface area contributed by atoms with Crippen molar-refractivity contribution in [3.63, 3.8) is 0 Å². The third-order valence-corrected chi connectivity index (χ3v) is 4.87. The Morgan fingerprint density at radius 3 is 2.56 bits per heavy atom. The number of nitrogens with zero attached hydrogens (tertiary/aromatic N) is 1. The van der Waals surface area contributed by atoms with Crippen LogP contribution >= 0.6 is 11.8 Å². The quantitative estimate of drug-likeness (QED) is 0.520. The van der Waals surface area contributed by atoms with Gasteiger partial charge in [0, 0.05) is 29.0 Å². The number of anilines is 1. The minimum Gasteiger partial charge on any atom is -0.322 e. The van der Waals surface area contributed by atoms with Crippen LogP contribution in [0.5, 0.6) is 0 Å². The van der Waals surface area contributed by atoms with Crippen LogP contribution in [0.3, 0.4) is 0 Å². The normalized spacial score (nSPS) is 11.2. The first kappa shape index (κ1) is 19.3. The maximum atomic E-state index is 12.1. The summed E-state index contributed by atoms with van der Waals surface area (Å²) in [6.07, 6.45) is 3.38. The average Bonchev–Trinajstić information content (AvgIpc) is 2.65. The van der Waals surface area contributed by atoms with Crippen molar-refractivity contribution in [3.05, 3.63) is 66.2 Å². The molecule has 132 valence electrons. The smallest absolute Gasteiger partial charge is 0.248 e. The van der Waals surface area contributed by atoms with Gasteiger partial charge < -0.3 is 10.2 Å². The number of carbonyl (C=O) groups is 1. The van der Waals surface area contributed by atoms with Gasteiger partial charge in [0.05, 0.1) is 0 Å². The van der Waals surface area contributed by atoms with Crippen molar-refractivity contribution in [2.75, 3.05) is 30.7 Å². The number of amides is 1. The van der Waals surface area contributed by atoms with Crippen LogP contribution in [0.4, 0.5) is 5.69 Å². The van der Waals surface area contributed by atoms with E-state index in [1.54, 1.807) is 6.08 Å². The molecular formula is C21H26N2OS. The first-order valence-electron chi connectivity index (χ1n) is 8.70. The molecule has 0 heterocycles. The predicted octanol–water partition coefficient (Wildman–Crippen LogP) is 4.77. The van der Waals surface area contributed by atoms with Gasteiger partial charge in [0.15, 0.2) is 0 Å². The molecule has 0 saturated carbocycles. The zero-order valence-corrected chi connectivity index (χ0v) is 15.8. The number of thioether (sulfide) groups is 1. The largest absolute Gasteiger partial charge is 0.322 e. The van der Waals surface area contributed by atoms with Gasteiger partial charge in [-0.3, -0.25) is 4.79 Å². The van der Waals surface area contributed by atoms with E-state index in [2.05, 4.69) is 30.1 Å². The maximum Gasteiger partial charge on any atom is 0.248 e. The second-order valence-electron chi connectivity index (χ2n) is 5.64. The molecule has 4 heteroatoms. The molecule has 0 radical (unpaired) electrons. The number of carbonyl (C=O) groups excluding carboxylic acids is 1. The summed E-state index contributed by atoms with van der Waals surface area (Å²) in [6.45, 7) is 7.62. The summed E-state index contributed by atoms with van der Waals surface area (Å²) in [5, 5.41) is 2.92. The molecule has 2 rings (SSSR count). The number of nitrogens with one attached hydrogen (secondary N) is 1. The van der Waals surface area contributed by atoms with Crippen molar-refractivity contribution < 1.29 is 4.79 Å². The standard InChI is InChI=1S/C21H26N2OS/c1-3-23(4-2)15-16-25-20-12-8-11-19(17-20)22-21(24)14-13-18-9-6-5-7-10-18/h5-14,17H,3-4,15-16H2,1-2H3,(H,22,24)/b14-13+. The van der Waals surface area contributed by atoms with Gasteiger partial charge in [-0.05, 0) is 42.9 Å². The van der Waals surface area contributed by atoms with E-state index in [4.69, 9.17) is 0 Å². The zero-order chi connectivity index (χ0) is 17.9. The van der Waals surface area contributed by atoms with Crippen LogP contribution in [0.2, 0.25) is 0 Å². The Kier molecular flexibility index (Phi) is 8.29. The highest BCUT2D eigenvalue weighted by Crippen LogP contribution is 2.21. The Morgan fingerprint density at radius 2 is 1.84 bits per heavy atom. The van der Waals surface area contributed by atoms with E-state index < -0.39 is 0 Å². The Hall–Kier alpha value is -2.04. The lowest BCUT2D eigenvalue weighted by molar-refractivity contribution is -0.111. The molecule has 0 aromatic heterocycles. The molecule has 0 unspecified atom stereocenters. The highest BCUT2D eigenvalue weighted by Gasteiger charge is 2.02. The molecule has 3 nitrogen and oxygen atoms in total. The highest BCUT2D eigenvalue weighted by molar-refractivity contribution is 7.99. The summed E-state index contributed by atoms with van der Waals surface area (Å²) in [7, 11) is 0. The van der Waals surface area contributed by atoms with Crippen molar-refractivity contribution in [3.8, 4) is 0 Å². The van der Waals surface area contributed by atoms with Crippen LogP contribution in [0.15, 0.2) is 65.6 Å². The summed E-state index contributed by atoms with van der Waals surface area (Å²) >= 11 is 1.82. The van der Waals surface area contributed by atoms with Gasteiger partial charge in [-0.2, -0.15) is 0 Å². The van der Waals surface area contributed by atoms with Crippen LogP contribution in [-0.2, 0) is 4.79 Å². The van der Waals surface area contributed by atoms with Crippen molar-refractivity contribution in [1.29, 1.82) is 0 Å². The summed E-state index contributed by atoms with van der Waals surface area (Å²) < 4.78 is 0. The van der Waals surface area contributed by atoms with E-state index in [0.29, 0.717) is 0 Å². The molecule has 1 amide bonds. The van der Waals surface area contributed by atoms with E-state index in [-0.39, 0.29) is 5.91 Å². The molecule has 0 fully saturated rings. The molecule has 0 saturated heterocycles. The number of hydrogen-bond donors (Lipinski definition) is 1. The Labute approximate surface area is 155 Å². The van der Waals surface area contributed by atoms with Gasteiger partial charge in [0.25, 0.3) is 0 Å². The van der Waals surface area contributed by atoms with Gasteiger partial charge in [-0.1, -0.05) is 50.2 Å². The van der Waals surface area contributed by atoms with Crippen molar-refractivity contribution in [2.24, 2.45) is 0 Å². The van der Waals surface area contributed by atoms with Crippen LogP contribution in [-0.4, -0.2) is 36.2 Å².